The summed E-state index contributed by atoms with van der Waals surface area (Å²) >= 11 is 0. The van der Waals surface area contributed by atoms with Crippen molar-refractivity contribution < 1.29 is 22.6 Å². The first-order chi connectivity index (χ1) is 13.5. The largest absolute Gasteiger partial charge is 0.486 e. The van der Waals surface area contributed by atoms with Crippen LogP contribution in [0.3, 0.4) is 0 Å². The second kappa shape index (κ2) is 8.93. The summed E-state index contributed by atoms with van der Waals surface area (Å²) in [5.41, 5.74) is 2.51. The molecular formula is C23H21F3O2. The Bertz CT molecular complexity index is 953. The Labute approximate surface area is 162 Å². The third-order valence-electron chi connectivity index (χ3n) is 4.37. The zero-order chi connectivity index (χ0) is 20.1. The Morgan fingerprint density at radius 1 is 0.821 bits per heavy atom. The van der Waals surface area contributed by atoms with Gasteiger partial charge in [0.2, 0.25) is 0 Å². The molecule has 28 heavy (non-hydrogen) atoms. The van der Waals surface area contributed by atoms with E-state index in [1.54, 1.807) is 56.3 Å². The van der Waals surface area contributed by atoms with Crippen LogP contribution in [0.1, 0.15) is 23.6 Å². The van der Waals surface area contributed by atoms with E-state index in [0.717, 1.165) is 11.1 Å². The van der Waals surface area contributed by atoms with Gasteiger partial charge in [-0.3, -0.25) is 0 Å². The molecule has 0 radical (unpaired) electrons. The third kappa shape index (κ3) is 4.54. The molecule has 146 valence electrons. The van der Waals surface area contributed by atoms with Crippen LogP contribution in [0, 0.1) is 24.4 Å². The maximum Gasteiger partial charge on any atom is 0.167 e. The molecule has 0 aliphatic rings. The molecule has 0 N–H and O–H groups in total. The van der Waals surface area contributed by atoms with E-state index in [0.29, 0.717) is 12.2 Å². The van der Waals surface area contributed by atoms with Gasteiger partial charge >= 0.3 is 0 Å². The van der Waals surface area contributed by atoms with Gasteiger partial charge in [-0.2, -0.15) is 0 Å². The summed E-state index contributed by atoms with van der Waals surface area (Å²) in [6, 6.07) is 14.7. The Morgan fingerprint density at radius 3 is 2.25 bits per heavy atom. The first kappa shape index (κ1) is 20.0. The van der Waals surface area contributed by atoms with E-state index in [9.17, 15) is 13.2 Å². The Hall–Kier alpha value is -2.79. The normalized spacial score (nSPS) is 10.9. The fraction of sp³-hybridized carbons (Fsp3) is 0.217. The van der Waals surface area contributed by atoms with Gasteiger partial charge in [-0.1, -0.05) is 42.5 Å². The molecule has 0 aliphatic heterocycles. The predicted octanol–water partition coefficient (Wildman–Crippen LogP) is 6.19. The van der Waals surface area contributed by atoms with E-state index in [-0.39, 0.29) is 30.1 Å². The topological polar surface area (TPSA) is 18.5 Å². The zero-order valence-electron chi connectivity index (χ0n) is 15.8. The molecule has 0 bridgehead atoms. The highest BCUT2D eigenvalue weighted by molar-refractivity contribution is 5.65. The van der Waals surface area contributed by atoms with Crippen molar-refractivity contribution in [2.45, 2.75) is 27.1 Å². The molecular weight excluding hydrogens is 365 g/mol. The molecule has 0 atom stereocenters. The van der Waals surface area contributed by atoms with Crippen LogP contribution >= 0.6 is 0 Å². The summed E-state index contributed by atoms with van der Waals surface area (Å²) < 4.78 is 53.1. The molecule has 3 aromatic rings. The van der Waals surface area contributed by atoms with Gasteiger partial charge < -0.3 is 9.47 Å². The van der Waals surface area contributed by atoms with Crippen LogP contribution in [-0.4, -0.2) is 6.61 Å². The van der Waals surface area contributed by atoms with Gasteiger partial charge in [0.15, 0.2) is 23.2 Å². The van der Waals surface area contributed by atoms with Crippen LogP contribution in [0.15, 0.2) is 54.6 Å². The van der Waals surface area contributed by atoms with E-state index < -0.39 is 17.5 Å². The number of benzene rings is 3. The number of aryl methyl sites for hydroxylation is 1. The predicted molar refractivity (Wildman–Crippen MR) is 103 cm³/mol. The lowest BCUT2D eigenvalue weighted by atomic mass is 10.0. The lowest BCUT2D eigenvalue weighted by Crippen LogP contribution is -2.00. The average Bonchev–Trinajstić information content (AvgIpc) is 2.69. The van der Waals surface area contributed by atoms with Gasteiger partial charge in [0.25, 0.3) is 0 Å². The minimum Gasteiger partial charge on any atom is -0.486 e. The van der Waals surface area contributed by atoms with E-state index in [2.05, 4.69) is 0 Å². The van der Waals surface area contributed by atoms with Gasteiger partial charge in [-0.05, 0) is 42.7 Å². The highest BCUT2D eigenvalue weighted by Gasteiger charge is 2.15. The monoisotopic (exact) mass is 386 g/mol. The molecule has 0 aliphatic carbocycles. The maximum absolute atomic E-state index is 14.4. The lowest BCUT2D eigenvalue weighted by molar-refractivity contribution is 0.131. The van der Waals surface area contributed by atoms with Crippen LogP contribution in [0.2, 0.25) is 0 Å². The highest BCUT2D eigenvalue weighted by Crippen LogP contribution is 2.27. The quantitative estimate of drug-likeness (QED) is 0.482. The van der Waals surface area contributed by atoms with Gasteiger partial charge in [-0.15, -0.1) is 0 Å². The Kier molecular flexibility index (Phi) is 6.37. The second-order valence-electron chi connectivity index (χ2n) is 6.46. The van der Waals surface area contributed by atoms with E-state index in [4.69, 9.17) is 9.47 Å². The maximum atomic E-state index is 14.4. The van der Waals surface area contributed by atoms with Crippen LogP contribution in [0.5, 0.6) is 5.75 Å². The molecule has 2 nitrogen and oxygen atoms in total. The highest BCUT2D eigenvalue weighted by atomic mass is 19.2. The summed E-state index contributed by atoms with van der Waals surface area (Å²) in [5.74, 6) is -2.04. The van der Waals surface area contributed by atoms with Crippen LogP contribution in [0.25, 0.3) is 11.1 Å². The number of hydrogen-bond acceptors (Lipinski definition) is 2. The molecule has 0 spiro atoms. The van der Waals surface area contributed by atoms with Gasteiger partial charge in [0.05, 0.1) is 6.61 Å². The first-order valence-electron chi connectivity index (χ1n) is 9.02. The van der Waals surface area contributed by atoms with Crippen molar-refractivity contribution in [3.8, 4) is 16.9 Å². The zero-order valence-corrected chi connectivity index (χ0v) is 15.8. The summed E-state index contributed by atoms with van der Waals surface area (Å²) in [5, 5.41) is 0. The van der Waals surface area contributed by atoms with Crippen molar-refractivity contribution in [3.63, 3.8) is 0 Å². The molecule has 0 saturated carbocycles. The number of ether oxygens (including phenoxy) is 2. The molecule has 0 aromatic heterocycles. The number of rotatable bonds is 7. The van der Waals surface area contributed by atoms with E-state index in [1.807, 2.05) is 0 Å². The van der Waals surface area contributed by atoms with Crippen molar-refractivity contribution in [3.05, 3.63) is 88.7 Å². The summed E-state index contributed by atoms with van der Waals surface area (Å²) in [4.78, 5) is 0. The number of halogens is 3. The molecule has 0 saturated heterocycles. The summed E-state index contributed by atoms with van der Waals surface area (Å²) in [6.45, 7) is 4.23. The minimum atomic E-state index is -0.900. The summed E-state index contributed by atoms with van der Waals surface area (Å²) in [6.07, 6.45) is 0. The molecule has 3 rings (SSSR count). The fourth-order valence-electron chi connectivity index (χ4n) is 2.80. The molecule has 5 heteroatoms. The van der Waals surface area contributed by atoms with Gasteiger partial charge in [0.1, 0.15) is 6.61 Å². The Morgan fingerprint density at radius 2 is 1.57 bits per heavy atom. The van der Waals surface area contributed by atoms with Crippen molar-refractivity contribution in [2.24, 2.45) is 0 Å². The van der Waals surface area contributed by atoms with E-state index in [1.165, 1.54) is 12.1 Å². The number of hydrogen-bond donors (Lipinski definition) is 0. The first-order valence-corrected chi connectivity index (χ1v) is 9.02. The van der Waals surface area contributed by atoms with Crippen molar-refractivity contribution in [1.29, 1.82) is 0 Å². The lowest BCUT2D eigenvalue weighted by Gasteiger charge is -2.11. The van der Waals surface area contributed by atoms with Crippen molar-refractivity contribution in [2.75, 3.05) is 6.61 Å². The van der Waals surface area contributed by atoms with Crippen LogP contribution in [0.4, 0.5) is 13.2 Å². The van der Waals surface area contributed by atoms with Gasteiger partial charge in [0, 0.05) is 17.7 Å². The van der Waals surface area contributed by atoms with Crippen molar-refractivity contribution >= 4 is 0 Å². The minimum absolute atomic E-state index is 0.0331. The SMILES string of the molecule is CCOCc1ccc(-c2ccc(COc3ccc(C)cc3F)cc2)c(F)c1F. The van der Waals surface area contributed by atoms with Crippen LogP contribution < -0.4 is 4.74 Å². The fourth-order valence-corrected chi connectivity index (χ4v) is 2.80. The molecule has 0 heterocycles. The standard InChI is InChI=1S/C23H21F3O2/c1-3-27-14-18-9-10-19(23(26)22(18)25)17-7-5-16(6-8-17)13-28-21-11-4-15(2)12-20(21)24/h4-12H,3,13-14H2,1-2H3. The summed E-state index contributed by atoms with van der Waals surface area (Å²) in [7, 11) is 0. The Balaban J connectivity index is 1.73. The van der Waals surface area contributed by atoms with Crippen LogP contribution in [-0.2, 0) is 18.0 Å². The molecule has 0 unspecified atom stereocenters. The molecule has 3 aromatic carbocycles. The molecule has 0 fully saturated rings. The van der Waals surface area contributed by atoms with E-state index >= 15 is 0 Å². The second-order valence-corrected chi connectivity index (χ2v) is 6.46. The van der Waals surface area contributed by atoms with Gasteiger partial charge in [-0.25, -0.2) is 13.2 Å². The van der Waals surface area contributed by atoms with Crippen molar-refractivity contribution in [1.82, 2.24) is 0 Å². The average molecular weight is 386 g/mol. The smallest absolute Gasteiger partial charge is 0.167 e. The third-order valence-corrected chi connectivity index (χ3v) is 4.37. The molecule has 0 amide bonds.